The zero-order valence-electron chi connectivity index (χ0n) is 20.1. The Morgan fingerprint density at radius 1 is 0.806 bits per heavy atom. The van der Waals surface area contributed by atoms with Crippen molar-refractivity contribution in [2.75, 3.05) is 6.61 Å². The molecule has 180 valence electrons. The molecule has 0 radical (unpaired) electrons. The van der Waals surface area contributed by atoms with Gasteiger partial charge in [0.1, 0.15) is 6.61 Å². The van der Waals surface area contributed by atoms with Gasteiger partial charge in [0, 0.05) is 0 Å². The molecular formula is C27H48O4. The van der Waals surface area contributed by atoms with Crippen LogP contribution in [0.25, 0.3) is 0 Å². The van der Waals surface area contributed by atoms with Crippen LogP contribution in [0.4, 0.5) is 0 Å². The second-order valence-corrected chi connectivity index (χ2v) is 8.65. The first-order valence-electron chi connectivity index (χ1n) is 12.8. The molecule has 0 aromatic carbocycles. The van der Waals surface area contributed by atoms with Crippen LogP contribution in [0.1, 0.15) is 122 Å². The summed E-state index contributed by atoms with van der Waals surface area (Å²) in [6.07, 6.45) is 27.0. The average molecular weight is 437 g/mol. The van der Waals surface area contributed by atoms with Crippen LogP contribution in [0.2, 0.25) is 0 Å². The number of hydrogen-bond donors (Lipinski definition) is 1. The molecule has 0 fully saturated rings. The molecule has 0 rings (SSSR count). The third kappa shape index (κ3) is 21.4. The van der Waals surface area contributed by atoms with Crippen molar-refractivity contribution in [1.29, 1.82) is 0 Å². The van der Waals surface area contributed by atoms with E-state index >= 15 is 0 Å². The molecule has 0 aromatic heterocycles. The molecule has 1 N–H and O–H groups in total. The Labute approximate surface area is 191 Å². The van der Waals surface area contributed by atoms with Crippen molar-refractivity contribution in [3.63, 3.8) is 0 Å². The molecule has 4 nitrogen and oxygen atoms in total. The zero-order valence-corrected chi connectivity index (χ0v) is 20.1. The van der Waals surface area contributed by atoms with Crippen molar-refractivity contribution < 1.29 is 19.4 Å². The molecule has 0 aliphatic rings. The molecule has 1 atom stereocenters. The number of carbonyl (C=O) groups excluding carboxylic acids is 1. The number of allylic oxidation sites excluding steroid dienone is 2. The van der Waals surface area contributed by atoms with Gasteiger partial charge in [0.15, 0.2) is 0 Å². The molecule has 0 aliphatic carbocycles. The first-order chi connectivity index (χ1) is 15.1. The number of ether oxygens (including phenoxy) is 1. The molecule has 1 unspecified atom stereocenters. The minimum absolute atomic E-state index is 0.129. The van der Waals surface area contributed by atoms with Crippen molar-refractivity contribution in [3.8, 4) is 0 Å². The first kappa shape index (κ1) is 29.4. The minimum Gasteiger partial charge on any atom is -0.481 e. The van der Waals surface area contributed by atoms with Crippen LogP contribution < -0.4 is 0 Å². The molecular weight excluding hydrogens is 388 g/mol. The lowest BCUT2D eigenvalue weighted by molar-refractivity contribution is -0.152. The molecule has 0 bridgehead atoms. The van der Waals surface area contributed by atoms with E-state index in [4.69, 9.17) is 9.84 Å². The van der Waals surface area contributed by atoms with Crippen LogP contribution >= 0.6 is 0 Å². The molecule has 0 saturated carbocycles. The Morgan fingerprint density at radius 2 is 1.29 bits per heavy atom. The maximum absolute atomic E-state index is 11.9. The Morgan fingerprint density at radius 3 is 1.77 bits per heavy atom. The highest BCUT2D eigenvalue weighted by atomic mass is 16.5. The Hall–Kier alpha value is -1.58. The van der Waals surface area contributed by atoms with E-state index in [2.05, 4.69) is 25.7 Å². The summed E-state index contributed by atoms with van der Waals surface area (Å²) >= 11 is 0. The second kappa shape index (κ2) is 23.1. The minimum atomic E-state index is -0.966. The number of carboxylic acids is 1. The summed E-state index contributed by atoms with van der Waals surface area (Å²) in [5.41, 5.74) is 0. The van der Waals surface area contributed by atoms with Crippen LogP contribution in [-0.2, 0) is 14.3 Å². The van der Waals surface area contributed by atoms with Crippen LogP contribution in [0.3, 0.4) is 0 Å². The highest BCUT2D eigenvalue weighted by Gasteiger charge is 2.22. The molecule has 0 amide bonds. The molecule has 0 saturated heterocycles. The van der Waals surface area contributed by atoms with Gasteiger partial charge in [0.2, 0.25) is 0 Å². The lowest BCUT2D eigenvalue weighted by atomic mass is 9.99. The van der Waals surface area contributed by atoms with Crippen molar-refractivity contribution in [2.24, 2.45) is 5.92 Å². The van der Waals surface area contributed by atoms with Gasteiger partial charge >= 0.3 is 11.9 Å². The number of aliphatic carboxylic acids is 1. The van der Waals surface area contributed by atoms with Crippen molar-refractivity contribution in [3.05, 3.63) is 24.8 Å². The maximum atomic E-state index is 11.9. The summed E-state index contributed by atoms with van der Waals surface area (Å²) in [5, 5.41) is 8.96. The van der Waals surface area contributed by atoms with Crippen molar-refractivity contribution in [2.45, 2.75) is 122 Å². The van der Waals surface area contributed by atoms with Crippen LogP contribution in [0.5, 0.6) is 0 Å². The fraction of sp³-hybridized carbons (Fsp3) is 0.778. The van der Waals surface area contributed by atoms with Crippen molar-refractivity contribution >= 4 is 11.9 Å². The summed E-state index contributed by atoms with van der Waals surface area (Å²) in [4.78, 5) is 22.8. The van der Waals surface area contributed by atoms with Gasteiger partial charge in [-0.25, -0.2) is 0 Å². The monoisotopic (exact) mass is 436 g/mol. The summed E-state index contributed by atoms with van der Waals surface area (Å²) in [6.45, 7) is 5.90. The second-order valence-electron chi connectivity index (χ2n) is 8.65. The van der Waals surface area contributed by atoms with Gasteiger partial charge in [-0.1, -0.05) is 115 Å². The van der Waals surface area contributed by atoms with Crippen molar-refractivity contribution in [1.82, 2.24) is 0 Å². The molecule has 31 heavy (non-hydrogen) atoms. The number of esters is 1. The number of hydrogen-bond acceptors (Lipinski definition) is 3. The Bertz CT molecular complexity index is 470. The largest absolute Gasteiger partial charge is 0.481 e. The SMILES string of the molecule is C=CCOC(=O)C(CC/C=C/CCCCCCCCCCCCCCCC)CC(=O)O. The van der Waals surface area contributed by atoms with Gasteiger partial charge < -0.3 is 9.84 Å². The van der Waals surface area contributed by atoms with Gasteiger partial charge in [-0.05, 0) is 25.7 Å². The highest BCUT2D eigenvalue weighted by Crippen LogP contribution is 2.16. The zero-order chi connectivity index (χ0) is 23.0. The number of unbranched alkanes of at least 4 members (excludes halogenated alkanes) is 14. The lowest BCUT2D eigenvalue weighted by Gasteiger charge is -2.12. The first-order valence-corrected chi connectivity index (χ1v) is 12.8. The molecule has 0 aromatic rings. The van der Waals surface area contributed by atoms with E-state index < -0.39 is 17.9 Å². The fourth-order valence-corrected chi connectivity index (χ4v) is 3.76. The smallest absolute Gasteiger partial charge is 0.309 e. The number of carboxylic acid groups (broad SMARTS) is 1. The number of rotatable bonds is 23. The average Bonchev–Trinajstić information content (AvgIpc) is 2.75. The third-order valence-corrected chi connectivity index (χ3v) is 5.67. The topological polar surface area (TPSA) is 63.6 Å². The highest BCUT2D eigenvalue weighted by molar-refractivity contribution is 5.79. The van der Waals surface area contributed by atoms with Gasteiger partial charge in [-0.3, -0.25) is 9.59 Å². The number of carbonyl (C=O) groups is 2. The third-order valence-electron chi connectivity index (χ3n) is 5.67. The summed E-state index contributed by atoms with van der Waals surface area (Å²) < 4.78 is 5.00. The van der Waals surface area contributed by atoms with E-state index in [1.807, 2.05) is 0 Å². The summed E-state index contributed by atoms with van der Waals surface area (Å²) in [6, 6.07) is 0. The summed E-state index contributed by atoms with van der Waals surface area (Å²) in [7, 11) is 0. The standard InChI is InChI=1S/C27H48O4/c1-3-5-6-7-8-9-10-11-12-13-14-15-16-17-18-19-20-21-22-25(24-26(28)29)27(30)31-23-4-2/h4,19-20,25H,2-3,5-18,21-24H2,1H3,(H,28,29)/b20-19+. The van der Waals surface area contributed by atoms with Gasteiger partial charge in [0.05, 0.1) is 12.3 Å². The van der Waals surface area contributed by atoms with E-state index in [-0.39, 0.29) is 13.0 Å². The van der Waals surface area contributed by atoms with E-state index in [1.165, 1.54) is 96.0 Å². The molecule has 0 aliphatic heterocycles. The molecule has 0 spiro atoms. The molecule has 0 heterocycles. The quantitative estimate of drug-likeness (QED) is 0.100. The van der Waals surface area contributed by atoms with E-state index in [9.17, 15) is 9.59 Å². The van der Waals surface area contributed by atoms with Crippen LogP contribution in [-0.4, -0.2) is 23.7 Å². The normalized spacial score (nSPS) is 12.2. The van der Waals surface area contributed by atoms with E-state index in [0.29, 0.717) is 12.8 Å². The Kier molecular flexibility index (Phi) is 21.9. The van der Waals surface area contributed by atoms with Gasteiger partial charge in [0.25, 0.3) is 0 Å². The van der Waals surface area contributed by atoms with Crippen LogP contribution in [0, 0.1) is 5.92 Å². The Balaban J connectivity index is 3.54. The summed E-state index contributed by atoms with van der Waals surface area (Å²) in [5.74, 6) is -1.99. The molecule has 4 heteroatoms. The predicted molar refractivity (Wildman–Crippen MR) is 130 cm³/mol. The van der Waals surface area contributed by atoms with Gasteiger partial charge in [-0.15, -0.1) is 0 Å². The van der Waals surface area contributed by atoms with Gasteiger partial charge in [-0.2, -0.15) is 0 Å². The van der Waals surface area contributed by atoms with E-state index in [1.54, 1.807) is 0 Å². The van der Waals surface area contributed by atoms with E-state index in [0.717, 1.165) is 6.42 Å². The predicted octanol–water partition coefficient (Wildman–Crippen LogP) is 8.01. The van der Waals surface area contributed by atoms with Crippen LogP contribution in [0.15, 0.2) is 24.8 Å². The fourth-order valence-electron chi connectivity index (χ4n) is 3.76. The maximum Gasteiger partial charge on any atom is 0.309 e. The lowest BCUT2D eigenvalue weighted by Crippen LogP contribution is -2.21.